The summed E-state index contributed by atoms with van der Waals surface area (Å²) in [6.07, 6.45) is -3.78. The molecule has 0 spiro atoms. The van der Waals surface area contributed by atoms with Crippen LogP contribution in [0.1, 0.15) is 6.92 Å². The number of rotatable bonds is 6. The summed E-state index contributed by atoms with van der Waals surface area (Å²) in [5.41, 5.74) is 5.35. The van der Waals surface area contributed by atoms with Gasteiger partial charge in [-0.2, -0.15) is 5.90 Å². The van der Waals surface area contributed by atoms with Crippen molar-refractivity contribution >= 4 is 17.9 Å². The maximum atomic E-state index is 11.4. The Kier molecular flexibility index (Phi) is 6.91. The zero-order chi connectivity index (χ0) is 18.4. The second-order valence-corrected chi connectivity index (χ2v) is 4.96. The molecule has 0 saturated heterocycles. The van der Waals surface area contributed by atoms with E-state index in [4.69, 9.17) is 26.6 Å². The number of aliphatic carboxylic acids is 1. The van der Waals surface area contributed by atoms with Gasteiger partial charge in [0.25, 0.3) is 0 Å². The average Bonchev–Trinajstić information content (AvgIpc) is 2.53. The van der Waals surface area contributed by atoms with Crippen molar-refractivity contribution in [1.82, 2.24) is 5.32 Å². The topological polar surface area (TPSA) is 210 Å². The van der Waals surface area contributed by atoms with E-state index in [1.807, 2.05) is 0 Å². The molecule has 0 aromatic rings. The average molecular weight is 348 g/mol. The van der Waals surface area contributed by atoms with E-state index >= 15 is 0 Å². The number of amidine groups is 1. The minimum atomic E-state index is -1.73. The molecule has 0 bridgehead atoms. The number of hydrogen-bond acceptors (Lipinski definition) is 9. The number of aliphatic hydroxyl groups is 3. The smallest absolute Gasteiger partial charge is 0.370 e. The quantitative estimate of drug-likeness (QED) is 0.141. The van der Waals surface area contributed by atoms with Crippen LogP contribution in [0.5, 0.6) is 0 Å². The van der Waals surface area contributed by atoms with Gasteiger partial charge < -0.3 is 41.1 Å². The molecule has 136 valence electrons. The van der Waals surface area contributed by atoms with E-state index in [1.165, 1.54) is 6.92 Å². The number of amides is 1. The van der Waals surface area contributed by atoms with Gasteiger partial charge in [0.15, 0.2) is 0 Å². The highest BCUT2D eigenvalue weighted by molar-refractivity contribution is 5.85. The molecule has 12 nitrogen and oxygen atoms in total. The molecule has 0 radical (unpaired) electrons. The van der Waals surface area contributed by atoms with E-state index < -0.39 is 60.7 Å². The molecule has 1 amide bonds. The van der Waals surface area contributed by atoms with E-state index in [0.717, 1.165) is 6.08 Å². The summed E-state index contributed by atoms with van der Waals surface area (Å²) in [6.45, 7) is 0.355. The number of ether oxygens (including phenoxy) is 1. The number of aliphatic imine (C=N–C) groups is 1. The molecule has 12 heteroatoms. The summed E-state index contributed by atoms with van der Waals surface area (Å²) in [4.78, 5) is 30.6. The Bertz CT molecular complexity index is 537. The molecule has 0 aromatic heterocycles. The Morgan fingerprint density at radius 1 is 1.50 bits per heavy atom. The van der Waals surface area contributed by atoms with Crippen LogP contribution in [0.25, 0.3) is 0 Å². The fraction of sp³-hybridized carbons (Fsp3) is 0.583. The second-order valence-electron chi connectivity index (χ2n) is 4.96. The van der Waals surface area contributed by atoms with Gasteiger partial charge in [-0.15, -0.1) is 0 Å². The molecule has 1 aliphatic rings. The number of carboxylic acids is 1. The molecule has 5 atom stereocenters. The van der Waals surface area contributed by atoms with Gasteiger partial charge in [-0.3, -0.25) is 4.79 Å². The lowest BCUT2D eigenvalue weighted by molar-refractivity contribution is -0.145. The Balaban J connectivity index is 3.31. The molecule has 24 heavy (non-hydrogen) atoms. The molecule has 9 N–H and O–H groups in total. The normalized spacial score (nSPS) is 26.6. The van der Waals surface area contributed by atoms with E-state index in [0.29, 0.717) is 0 Å². The van der Waals surface area contributed by atoms with Crippen molar-refractivity contribution in [3.8, 4) is 0 Å². The number of carbonyl (C=O) groups excluding carboxylic acids is 1. The molecular weight excluding hydrogens is 328 g/mol. The van der Waals surface area contributed by atoms with Crippen LogP contribution in [0, 0.1) is 0 Å². The Hall–Kier alpha value is -2.41. The fourth-order valence-corrected chi connectivity index (χ4v) is 2.14. The predicted molar refractivity (Wildman–Crippen MR) is 78.0 cm³/mol. The zero-order valence-corrected chi connectivity index (χ0v) is 12.7. The standard InChI is InChI=1S/C12H20N4O8/c1-4(18)15-8-5(16-12(13)24-14)2-7(11(21)22)23-10(8)9(20)6(19)3-17/h2,5-6,8-10,17,19-20H,3,14H2,1H3,(H2,13,16)(H,15,18)(H,21,22)/t5?,6?,8?,9?,10-/m1/s1. The van der Waals surface area contributed by atoms with Crippen molar-refractivity contribution in [1.29, 1.82) is 0 Å². The van der Waals surface area contributed by atoms with Crippen molar-refractivity contribution in [2.75, 3.05) is 6.61 Å². The van der Waals surface area contributed by atoms with Gasteiger partial charge in [-0.05, 0) is 6.08 Å². The Morgan fingerprint density at radius 3 is 2.58 bits per heavy atom. The Morgan fingerprint density at radius 2 is 2.12 bits per heavy atom. The van der Waals surface area contributed by atoms with Crippen LogP contribution in [0.2, 0.25) is 0 Å². The van der Waals surface area contributed by atoms with Crippen LogP contribution in [-0.2, 0) is 19.2 Å². The lowest BCUT2D eigenvalue weighted by Gasteiger charge is -2.38. The SMILES string of the molecule is CC(=O)NC1C(N=C(N)ON)C=C(C(=O)O)O[C@H]1C(O)C(O)CO. The highest BCUT2D eigenvalue weighted by Crippen LogP contribution is 2.24. The summed E-state index contributed by atoms with van der Waals surface area (Å²) in [5, 5.41) is 40.2. The van der Waals surface area contributed by atoms with Crippen LogP contribution >= 0.6 is 0 Å². The number of aliphatic hydroxyl groups excluding tert-OH is 3. The van der Waals surface area contributed by atoms with E-state index in [9.17, 15) is 19.8 Å². The van der Waals surface area contributed by atoms with E-state index in [-0.39, 0.29) is 0 Å². The third-order valence-electron chi connectivity index (χ3n) is 3.20. The lowest BCUT2D eigenvalue weighted by Crippen LogP contribution is -2.59. The highest BCUT2D eigenvalue weighted by atomic mass is 16.6. The van der Waals surface area contributed by atoms with Gasteiger partial charge in [-0.1, -0.05) is 0 Å². The van der Waals surface area contributed by atoms with Gasteiger partial charge >= 0.3 is 12.0 Å². The van der Waals surface area contributed by atoms with Gasteiger partial charge in [0.1, 0.15) is 24.4 Å². The minimum Gasteiger partial charge on any atom is -0.478 e. The molecule has 0 saturated carbocycles. The Labute approximate surface area is 136 Å². The predicted octanol–water partition coefficient (Wildman–Crippen LogP) is -3.85. The maximum absolute atomic E-state index is 11.4. The van der Waals surface area contributed by atoms with Gasteiger partial charge in [0.05, 0.1) is 12.6 Å². The molecule has 1 aliphatic heterocycles. The van der Waals surface area contributed by atoms with Crippen molar-refractivity contribution in [3.63, 3.8) is 0 Å². The summed E-state index contributed by atoms with van der Waals surface area (Å²) in [7, 11) is 0. The van der Waals surface area contributed by atoms with Gasteiger partial charge in [0.2, 0.25) is 11.7 Å². The van der Waals surface area contributed by atoms with Crippen LogP contribution in [0.3, 0.4) is 0 Å². The molecule has 0 aliphatic carbocycles. The molecule has 0 aromatic carbocycles. The summed E-state index contributed by atoms with van der Waals surface area (Å²) < 4.78 is 5.14. The molecule has 1 heterocycles. The van der Waals surface area contributed by atoms with E-state index in [1.54, 1.807) is 0 Å². The third kappa shape index (κ3) is 4.79. The second kappa shape index (κ2) is 8.44. The van der Waals surface area contributed by atoms with Crippen molar-refractivity contribution in [2.45, 2.75) is 37.3 Å². The van der Waals surface area contributed by atoms with E-state index in [2.05, 4.69) is 15.1 Å². The summed E-state index contributed by atoms with van der Waals surface area (Å²) in [5.74, 6) is 2.25. The number of carbonyl (C=O) groups is 2. The summed E-state index contributed by atoms with van der Waals surface area (Å²) >= 11 is 0. The first-order valence-electron chi connectivity index (χ1n) is 6.77. The zero-order valence-electron chi connectivity index (χ0n) is 12.7. The number of carboxylic acid groups (broad SMARTS) is 1. The largest absolute Gasteiger partial charge is 0.478 e. The number of nitrogens with zero attached hydrogens (tertiary/aromatic N) is 1. The first kappa shape index (κ1) is 19.6. The third-order valence-corrected chi connectivity index (χ3v) is 3.20. The molecule has 4 unspecified atom stereocenters. The minimum absolute atomic E-state index is 0.505. The first-order chi connectivity index (χ1) is 11.2. The van der Waals surface area contributed by atoms with Crippen molar-refractivity contribution in [3.05, 3.63) is 11.8 Å². The number of nitrogens with two attached hydrogens (primary N) is 2. The van der Waals surface area contributed by atoms with Crippen molar-refractivity contribution in [2.24, 2.45) is 16.6 Å². The monoisotopic (exact) mass is 348 g/mol. The first-order valence-corrected chi connectivity index (χ1v) is 6.77. The molecule has 1 rings (SSSR count). The van der Waals surface area contributed by atoms with Crippen molar-refractivity contribution < 1.29 is 39.6 Å². The van der Waals surface area contributed by atoms with Crippen LogP contribution in [0.4, 0.5) is 0 Å². The van der Waals surface area contributed by atoms with Crippen LogP contribution in [-0.4, -0.2) is 75.3 Å². The van der Waals surface area contributed by atoms with Crippen LogP contribution in [0.15, 0.2) is 16.8 Å². The maximum Gasteiger partial charge on any atom is 0.370 e. The fourth-order valence-electron chi connectivity index (χ4n) is 2.14. The molecule has 0 fully saturated rings. The number of hydrogen-bond donors (Lipinski definition) is 7. The van der Waals surface area contributed by atoms with Gasteiger partial charge in [-0.25, -0.2) is 9.79 Å². The number of nitrogens with one attached hydrogen (secondary N) is 1. The lowest BCUT2D eigenvalue weighted by atomic mass is 9.92. The highest BCUT2D eigenvalue weighted by Gasteiger charge is 2.43. The summed E-state index contributed by atoms with van der Waals surface area (Å²) in [6, 6.07) is -2.74. The molecular formula is C12H20N4O8. The van der Waals surface area contributed by atoms with Gasteiger partial charge in [0, 0.05) is 6.92 Å². The van der Waals surface area contributed by atoms with Crippen LogP contribution < -0.4 is 16.9 Å².